The fourth-order valence-corrected chi connectivity index (χ4v) is 6.26. The lowest BCUT2D eigenvalue weighted by atomic mass is 9.84. The van der Waals surface area contributed by atoms with E-state index in [0.29, 0.717) is 36.4 Å². The van der Waals surface area contributed by atoms with Crippen LogP contribution in [0.15, 0.2) is 36.7 Å². The van der Waals surface area contributed by atoms with Gasteiger partial charge in [-0.3, -0.25) is 29.6 Å². The van der Waals surface area contributed by atoms with E-state index >= 15 is 0 Å². The van der Waals surface area contributed by atoms with Gasteiger partial charge in [-0.05, 0) is 61.1 Å². The molecule has 1 aromatic carbocycles. The minimum absolute atomic E-state index is 0.00616. The van der Waals surface area contributed by atoms with Crippen LogP contribution in [0, 0.1) is 0 Å². The topological polar surface area (TPSA) is 91.8 Å². The van der Waals surface area contributed by atoms with Gasteiger partial charge in [0.05, 0.1) is 5.56 Å². The summed E-state index contributed by atoms with van der Waals surface area (Å²) in [6.07, 6.45) is 2.34. The minimum atomic E-state index is -4.41. The lowest BCUT2D eigenvalue weighted by Gasteiger charge is -2.48. The maximum absolute atomic E-state index is 13.1. The van der Waals surface area contributed by atoms with Crippen molar-refractivity contribution in [1.82, 2.24) is 20.1 Å². The van der Waals surface area contributed by atoms with Crippen molar-refractivity contribution in [3.63, 3.8) is 0 Å². The number of fused-ring (bicyclic) bond motifs is 1. The van der Waals surface area contributed by atoms with Crippen molar-refractivity contribution in [3.05, 3.63) is 58.9 Å². The number of hydrogen-bond donors (Lipinski definition) is 1. The molecule has 3 unspecified atom stereocenters. The highest BCUT2D eigenvalue weighted by atomic mass is 19.4. The molecular formula is C28H29F3N4O4. The number of imide groups is 1. The molecule has 2 aromatic rings. The van der Waals surface area contributed by atoms with Crippen molar-refractivity contribution in [3.8, 4) is 5.75 Å². The second kappa shape index (κ2) is 9.93. The molecular weight excluding hydrogens is 513 g/mol. The number of pyridine rings is 1. The number of ether oxygens (including phenoxy) is 1. The van der Waals surface area contributed by atoms with Crippen LogP contribution in [0.3, 0.4) is 0 Å². The van der Waals surface area contributed by atoms with Crippen LogP contribution in [0.5, 0.6) is 5.75 Å². The number of aromatic nitrogens is 1. The molecule has 4 heterocycles. The van der Waals surface area contributed by atoms with Gasteiger partial charge in [0, 0.05) is 56.0 Å². The van der Waals surface area contributed by atoms with Gasteiger partial charge in [0.25, 0.3) is 5.91 Å². The van der Waals surface area contributed by atoms with Crippen molar-refractivity contribution in [2.45, 2.75) is 75.4 Å². The Labute approximate surface area is 223 Å². The zero-order chi connectivity index (χ0) is 27.3. The Morgan fingerprint density at radius 1 is 1.00 bits per heavy atom. The first-order chi connectivity index (χ1) is 18.7. The first-order valence-corrected chi connectivity index (χ1v) is 13.4. The number of nitrogens with zero attached hydrogens (tertiary/aromatic N) is 3. The summed E-state index contributed by atoms with van der Waals surface area (Å²) < 4.78 is 45.8. The van der Waals surface area contributed by atoms with Gasteiger partial charge in [-0.15, -0.1) is 0 Å². The number of likely N-dealkylation sites (tertiary alicyclic amines) is 1. The number of amides is 3. The summed E-state index contributed by atoms with van der Waals surface area (Å²) in [5, 5.41) is 2.31. The van der Waals surface area contributed by atoms with Gasteiger partial charge < -0.3 is 9.64 Å². The first-order valence-electron chi connectivity index (χ1n) is 13.4. The fraction of sp³-hybridized carbons (Fsp3) is 0.500. The van der Waals surface area contributed by atoms with E-state index < -0.39 is 23.7 Å². The smallest absolute Gasteiger partial charge is 0.417 e. The molecule has 3 fully saturated rings. The van der Waals surface area contributed by atoms with Gasteiger partial charge in [0.15, 0.2) is 0 Å². The normalized spacial score (nSPS) is 26.3. The van der Waals surface area contributed by atoms with E-state index in [4.69, 9.17) is 4.74 Å². The zero-order valence-corrected chi connectivity index (χ0v) is 21.2. The number of hydrogen-bond acceptors (Lipinski definition) is 6. The van der Waals surface area contributed by atoms with Gasteiger partial charge in [-0.2, -0.15) is 13.2 Å². The fourth-order valence-electron chi connectivity index (χ4n) is 6.26. The standard InChI is InChI=1S/C28H29F3N4O4/c29-28(30,31)19-9-16(11-32-12-19)18-13-34(14-18)22-3-1-2-4-24(22)39-20-5-6-21-17(10-20)15-35(27(21)38)23-7-8-25(36)33-26(23)37/h5-6,9-12,18,22-24H,1-4,7-8,13-15H2,(H,33,36,37). The van der Waals surface area contributed by atoms with Gasteiger partial charge >= 0.3 is 6.18 Å². The second-order valence-electron chi connectivity index (χ2n) is 10.9. The van der Waals surface area contributed by atoms with Crippen LogP contribution in [0.25, 0.3) is 0 Å². The van der Waals surface area contributed by atoms with Crippen LogP contribution in [0.2, 0.25) is 0 Å². The maximum Gasteiger partial charge on any atom is 0.417 e. The predicted octanol–water partition coefficient (Wildman–Crippen LogP) is 3.65. The van der Waals surface area contributed by atoms with E-state index in [2.05, 4.69) is 15.2 Å². The number of halogens is 3. The molecule has 4 aliphatic rings. The van der Waals surface area contributed by atoms with E-state index in [1.54, 1.807) is 12.1 Å². The molecule has 1 N–H and O–H groups in total. The molecule has 3 atom stereocenters. The average molecular weight is 543 g/mol. The Kier molecular flexibility index (Phi) is 6.57. The number of piperidine rings is 1. The third-order valence-electron chi connectivity index (χ3n) is 8.39. The van der Waals surface area contributed by atoms with Crippen LogP contribution in [-0.4, -0.2) is 63.8 Å². The van der Waals surface area contributed by atoms with Crippen LogP contribution in [0.4, 0.5) is 13.2 Å². The molecule has 1 saturated carbocycles. The maximum atomic E-state index is 13.1. The van der Waals surface area contributed by atoms with Gasteiger partial charge in [0.1, 0.15) is 17.9 Å². The highest BCUT2D eigenvalue weighted by Gasteiger charge is 2.42. The first kappa shape index (κ1) is 25.8. The molecule has 3 amide bonds. The summed E-state index contributed by atoms with van der Waals surface area (Å²) >= 11 is 0. The quantitative estimate of drug-likeness (QED) is 0.580. The van der Waals surface area contributed by atoms with Crippen molar-refractivity contribution in [2.75, 3.05) is 13.1 Å². The Bertz CT molecular complexity index is 1310. The summed E-state index contributed by atoms with van der Waals surface area (Å²) in [5.74, 6) is -0.326. The molecule has 8 nitrogen and oxygen atoms in total. The number of alkyl halides is 3. The average Bonchev–Trinajstić information content (AvgIpc) is 3.19. The molecule has 1 aliphatic carbocycles. The molecule has 6 rings (SSSR count). The molecule has 0 bridgehead atoms. The van der Waals surface area contributed by atoms with Crippen molar-refractivity contribution < 1.29 is 32.3 Å². The van der Waals surface area contributed by atoms with Crippen LogP contribution < -0.4 is 10.1 Å². The molecule has 3 aliphatic heterocycles. The summed E-state index contributed by atoms with van der Waals surface area (Å²) in [7, 11) is 0. The van der Waals surface area contributed by atoms with Gasteiger partial charge in [0.2, 0.25) is 11.8 Å². The summed E-state index contributed by atoms with van der Waals surface area (Å²) in [6, 6.07) is 6.07. The van der Waals surface area contributed by atoms with Crippen molar-refractivity contribution in [2.24, 2.45) is 0 Å². The molecule has 39 heavy (non-hydrogen) atoms. The highest BCUT2D eigenvalue weighted by Crippen LogP contribution is 2.38. The Hall–Kier alpha value is -3.47. The Balaban J connectivity index is 1.11. The Morgan fingerprint density at radius 2 is 1.79 bits per heavy atom. The highest BCUT2D eigenvalue weighted by molar-refractivity contribution is 6.05. The third kappa shape index (κ3) is 4.99. The Morgan fingerprint density at radius 3 is 2.56 bits per heavy atom. The van der Waals surface area contributed by atoms with Crippen molar-refractivity contribution >= 4 is 17.7 Å². The van der Waals surface area contributed by atoms with Gasteiger partial charge in [-0.25, -0.2) is 0 Å². The van der Waals surface area contributed by atoms with E-state index in [9.17, 15) is 27.6 Å². The lowest BCUT2D eigenvalue weighted by molar-refractivity contribution is -0.138. The zero-order valence-electron chi connectivity index (χ0n) is 21.2. The molecule has 1 aromatic heterocycles. The van der Waals surface area contributed by atoms with Crippen LogP contribution in [-0.2, 0) is 22.3 Å². The van der Waals surface area contributed by atoms with Crippen LogP contribution in [0.1, 0.15) is 71.5 Å². The number of rotatable bonds is 5. The van der Waals surface area contributed by atoms with E-state index in [1.165, 1.54) is 17.2 Å². The second-order valence-corrected chi connectivity index (χ2v) is 10.9. The number of carbonyl (C=O) groups excluding carboxylic acids is 3. The predicted molar refractivity (Wildman–Crippen MR) is 133 cm³/mol. The molecule has 206 valence electrons. The van der Waals surface area contributed by atoms with Gasteiger partial charge in [-0.1, -0.05) is 6.42 Å². The number of benzene rings is 1. The summed E-state index contributed by atoms with van der Waals surface area (Å²) in [5.41, 5.74) is 1.21. The molecule has 2 saturated heterocycles. The van der Waals surface area contributed by atoms with E-state index in [0.717, 1.165) is 37.4 Å². The number of carbonyl (C=O) groups is 3. The third-order valence-corrected chi connectivity index (χ3v) is 8.39. The SMILES string of the molecule is O=C1CCC(N2Cc3cc(OC4CCCCC4N4CC(c5cncc(C(F)(F)F)c5)C4)ccc3C2=O)C(=O)N1. The number of nitrogens with one attached hydrogen (secondary N) is 1. The molecule has 0 radical (unpaired) electrons. The summed E-state index contributed by atoms with van der Waals surface area (Å²) in [6.45, 7) is 1.60. The minimum Gasteiger partial charge on any atom is -0.489 e. The molecule has 0 spiro atoms. The van der Waals surface area contributed by atoms with E-state index in [1.807, 2.05) is 6.07 Å². The van der Waals surface area contributed by atoms with Crippen molar-refractivity contribution in [1.29, 1.82) is 0 Å². The van der Waals surface area contributed by atoms with E-state index in [-0.39, 0.29) is 42.8 Å². The monoisotopic (exact) mass is 542 g/mol. The largest absolute Gasteiger partial charge is 0.489 e. The lowest BCUT2D eigenvalue weighted by Crippen LogP contribution is -2.57. The summed E-state index contributed by atoms with van der Waals surface area (Å²) in [4.78, 5) is 44.4. The van der Waals surface area contributed by atoms with Crippen LogP contribution >= 0.6 is 0 Å². The molecule has 11 heteroatoms.